The first-order valence-corrected chi connectivity index (χ1v) is 6.66. The highest BCUT2D eigenvalue weighted by Crippen LogP contribution is 2.06. The monoisotopic (exact) mass is 222 g/mol. The normalized spacial score (nSPS) is 21.2. The number of imidazole rings is 1. The highest BCUT2D eigenvalue weighted by Gasteiger charge is 2.15. The largest absolute Gasteiger partial charge is 0.310 e. The number of unbranched alkanes of at least 4 members (excludes halogenated alkanes) is 1. The molecule has 0 aliphatic carbocycles. The molecular formula is C13H24N3+. The van der Waals surface area contributed by atoms with E-state index in [4.69, 9.17) is 0 Å². The van der Waals surface area contributed by atoms with Crippen LogP contribution in [0.4, 0.5) is 0 Å². The van der Waals surface area contributed by atoms with Gasteiger partial charge in [-0.2, -0.15) is 0 Å². The van der Waals surface area contributed by atoms with E-state index < -0.39 is 0 Å². The number of hydrogen-bond acceptors (Lipinski definition) is 1. The Morgan fingerprint density at radius 3 is 3.12 bits per heavy atom. The van der Waals surface area contributed by atoms with Gasteiger partial charge in [0.1, 0.15) is 18.9 Å². The second-order valence-electron chi connectivity index (χ2n) is 4.85. The summed E-state index contributed by atoms with van der Waals surface area (Å²) in [5, 5.41) is 3.59. The maximum atomic E-state index is 3.59. The lowest BCUT2D eigenvalue weighted by atomic mass is 10.1. The van der Waals surface area contributed by atoms with Crippen LogP contribution in [0, 0.1) is 0 Å². The molecule has 3 heteroatoms. The van der Waals surface area contributed by atoms with Crippen LogP contribution in [0.2, 0.25) is 0 Å². The molecule has 2 heterocycles. The molecule has 1 aromatic rings. The zero-order chi connectivity index (χ0) is 11.2. The van der Waals surface area contributed by atoms with Gasteiger partial charge in [0.15, 0.2) is 0 Å². The van der Waals surface area contributed by atoms with E-state index in [0.29, 0.717) is 6.04 Å². The molecule has 1 aromatic heterocycles. The predicted octanol–water partition coefficient (Wildman–Crippen LogP) is 1.72. The van der Waals surface area contributed by atoms with Crippen molar-refractivity contribution < 1.29 is 4.57 Å². The third-order valence-corrected chi connectivity index (χ3v) is 3.36. The fraction of sp³-hybridized carbons (Fsp3) is 0.769. The first-order valence-electron chi connectivity index (χ1n) is 6.66. The predicted molar refractivity (Wildman–Crippen MR) is 65.2 cm³/mol. The summed E-state index contributed by atoms with van der Waals surface area (Å²) >= 11 is 0. The molecule has 0 unspecified atom stereocenters. The Bertz CT molecular complexity index is 300. The van der Waals surface area contributed by atoms with Crippen LogP contribution < -0.4 is 9.88 Å². The zero-order valence-corrected chi connectivity index (χ0v) is 10.4. The van der Waals surface area contributed by atoms with E-state index in [1.54, 1.807) is 0 Å². The van der Waals surface area contributed by atoms with Gasteiger partial charge < -0.3 is 5.32 Å². The summed E-state index contributed by atoms with van der Waals surface area (Å²) in [6, 6.07) is 0.681. The van der Waals surface area contributed by atoms with Gasteiger partial charge in [0.05, 0.1) is 6.54 Å². The van der Waals surface area contributed by atoms with E-state index in [9.17, 15) is 0 Å². The van der Waals surface area contributed by atoms with E-state index in [1.165, 1.54) is 38.6 Å². The number of hydrogen-bond donors (Lipinski definition) is 1. The summed E-state index contributed by atoms with van der Waals surface area (Å²) in [4.78, 5) is 0. The Morgan fingerprint density at radius 1 is 1.44 bits per heavy atom. The summed E-state index contributed by atoms with van der Waals surface area (Å²) in [5.41, 5.74) is 0. The van der Waals surface area contributed by atoms with Gasteiger partial charge in [-0.05, 0) is 25.8 Å². The van der Waals surface area contributed by atoms with E-state index in [1.807, 2.05) is 0 Å². The van der Waals surface area contributed by atoms with Crippen LogP contribution in [-0.4, -0.2) is 17.2 Å². The van der Waals surface area contributed by atoms with Crippen molar-refractivity contribution in [3.05, 3.63) is 18.7 Å². The number of piperidine rings is 1. The summed E-state index contributed by atoms with van der Waals surface area (Å²) in [6.45, 7) is 5.71. The lowest BCUT2D eigenvalue weighted by Gasteiger charge is -2.21. The van der Waals surface area contributed by atoms with Gasteiger partial charge in [-0.25, -0.2) is 9.13 Å². The van der Waals surface area contributed by atoms with Crippen molar-refractivity contribution in [1.29, 1.82) is 0 Å². The Kier molecular flexibility index (Phi) is 4.40. The molecule has 1 aliphatic heterocycles. The fourth-order valence-corrected chi connectivity index (χ4v) is 2.35. The molecule has 90 valence electrons. The molecule has 2 rings (SSSR count). The molecule has 1 aliphatic rings. The van der Waals surface area contributed by atoms with Crippen molar-refractivity contribution >= 4 is 0 Å². The van der Waals surface area contributed by atoms with Crippen LogP contribution in [0.1, 0.15) is 39.0 Å². The van der Waals surface area contributed by atoms with Crippen LogP contribution in [0.25, 0.3) is 0 Å². The van der Waals surface area contributed by atoms with E-state index in [0.717, 1.165) is 13.1 Å². The van der Waals surface area contributed by atoms with Gasteiger partial charge in [0.2, 0.25) is 6.33 Å². The van der Waals surface area contributed by atoms with Gasteiger partial charge in [-0.1, -0.05) is 19.8 Å². The number of aryl methyl sites for hydroxylation is 1. The summed E-state index contributed by atoms with van der Waals surface area (Å²) in [6.07, 6.45) is 13.2. The molecule has 0 spiro atoms. The molecule has 0 saturated carbocycles. The summed E-state index contributed by atoms with van der Waals surface area (Å²) in [5.74, 6) is 0. The Hall–Kier alpha value is -0.830. The van der Waals surface area contributed by atoms with Crippen molar-refractivity contribution in [3.8, 4) is 0 Å². The molecule has 1 N–H and O–H groups in total. The van der Waals surface area contributed by atoms with Crippen LogP contribution in [0.5, 0.6) is 0 Å². The quantitative estimate of drug-likeness (QED) is 0.752. The first kappa shape index (κ1) is 11.6. The van der Waals surface area contributed by atoms with E-state index >= 15 is 0 Å². The minimum absolute atomic E-state index is 0.681. The highest BCUT2D eigenvalue weighted by molar-refractivity contribution is 4.70. The molecule has 1 atom stereocenters. The summed E-state index contributed by atoms with van der Waals surface area (Å²) in [7, 11) is 0. The van der Waals surface area contributed by atoms with Crippen molar-refractivity contribution in [3.63, 3.8) is 0 Å². The maximum Gasteiger partial charge on any atom is 0.243 e. The Morgan fingerprint density at radius 2 is 2.38 bits per heavy atom. The zero-order valence-electron chi connectivity index (χ0n) is 10.4. The Labute approximate surface area is 98.5 Å². The van der Waals surface area contributed by atoms with Gasteiger partial charge in [0.25, 0.3) is 0 Å². The van der Waals surface area contributed by atoms with Crippen molar-refractivity contribution in [1.82, 2.24) is 9.88 Å². The van der Waals surface area contributed by atoms with Gasteiger partial charge in [0, 0.05) is 6.04 Å². The van der Waals surface area contributed by atoms with Gasteiger partial charge in [-0.15, -0.1) is 0 Å². The molecule has 1 fully saturated rings. The average molecular weight is 222 g/mol. The smallest absolute Gasteiger partial charge is 0.243 e. The van der Waals surface area contributed by atoms with Crippen LogP contribution in [-0.2, 0) is 13.1 Å². The van der Waals surface area contributed by atoms with Gasteiger partial charge >= 0.3 is 0 Å². The Balaban J connectivity index is 1.81. The fourth-order valence-electron chi connectivity index (χ4n) is 2.35. The third kappa shape index (κ3) is 3.34. The third-order valence-electron chi connectivity index (χ3n) is 3.36. The maximum absolute atomic E-state index is 3.59. The van der Waals surface area contributed by atoms with Crippen LogP contribution >= 0.6 is 0 Å². The molecule has 0 bridgehead atoms. The van der Waals surface area contributed by atoms with Crippen LogP contribution in [0.15, 0.2) is 18.7 Å². The SMILES string of the molecule is CCCCn1cc[n+](C[C@@H]2CCCCN2)c1. The number of rotatable bonds is 5. The minimum Gasteiger partial charge on any atom is -0.310 e. The van der Waals surface area contributed by atoms with E-state index in [-0.39, 0.29) is 0 Å². The summed E-state index contributed by atoms with van der Waals surface area (Å²) < 4.78 is 4.62. The lowest BCUT2D eigenvalue weighted by molar-refractivity contribution is -0.699. The second kappa shape index (κ2) is 6.04. The molecule has 0 amide bonds. The molecule has 3 nitrogen and oxygen atoms in total. The molecular weight excluding hydrogens is 198 g/mol. The average Bonchev–Trinajstić information content (AvgIpc) is 2.75. The number of aromatic nitrogens is 2. The first-order chi connectivity index (χ1) is 7.88. The standard InChI is InChI=1S/C13H24N3/c1-2-3-8-15-9-10-16(12-15)11-13-6-4-5-7-14-13/h9-10,12-14H,2-8,11H2,1H3/q+1/t13-/m0/s1. The van der Waals surface area contributed by atoms with E-state index in [2.05, 4.69) is 40.1 Å². The molecule has 1 saturated heterocycles. The lowest BCUT2D eigenvalue weighted by Crippen LogP contribution is -2.46. The molecule has 16 heavy (non-hydrogen) atoms. The number of nitrogens with one attached hydrogen (secondary N) is 1. The molecule has 0 aromatic carbocycles. The second-order valence-corrected chi connectivity index (χ2v) is 4.85. The minimum atomic E-state index is 0.681. The topological polar surface area (TPSA) is 20.8 Å². The van der Waals surface area contributed by atoms with Crippen molar-refractivity contribution in [2.45, 2.75) is 58.2 Å². The molecule has 0 radical (unpaired) electrons. The van der Waals surface area contributed by atoms with Crippen molar-refractivity contribution in [2.24, 2.45) is 0 Å². The number of nitrogens with zero attached hydrogens (tertiary/aromatic N) is 2. The van der Waals surface area contributed by atoms with Gasteiger partial charge in [-0.3, -0.25) is 0 Å². The van der Waals surface area contributed by atoms with Crippen molar-refractivity contribution in [2.75, 3.05) is 6.54 Å². The highest BCUT2D eigenvalue weighted by atomic mass is 15.1. The van der Waals surface area contributed by atoms with Crippen LogP contribution in [0.3, 0.4) is 0 Å².